The lowest BCUT2D eigenvalue weighted by molar-refractivity contribution is -0.113. The zero-order chi connectivity index (χ0) is 18.5. The fourth-order valence-corrected chi connectivity index (χ4v) is 2.90. The number of aromatic nitrogens is 4. The first-order valence-corrected chi connectivity index (χ1v) is 8.63. The van der Waals surface area contributed by atoms with E-state index in [1.165, 1.54) is 6.07 Å². The average molecular weight is 369 g/mol. The third-order valence-corrected chi connectivity index (χ3v) is 4.40. The topological polar surface area (TPSA) is 110 Å². The third kappa shape index (κ3) is 4.06. The maximum Gasteiger partial charge on any atom is 0.337 e. The van der Waals surface area contributed by atoms with E-state index < -0.39 is 5.97 Å². The van der Waals surface area contributed by atoms with E-state index in [0.717, 1.165) is 23.0 Å². The minimum Gasteiger partial charge on any atom is -0.478 e. The molecule has 2 aromatic carbocycles. The summed E-state index contributed by atoms with van der Waals surface area (Å²) in [5.74, 6) is -1.40. The van der Waals surface area contributed by atoms with Crippen molar-refractivity contribution in [3.63, 3.8) is 0 Å². The number of anilines is 1. The van der Waals surface area contributed by atoms with Gasteiger partial charge in [-0.05, 0) is 41.6 Å². The van der Waals surface area contributed by atoms with Crippen LogP contribution in [0, 0.1) is 6.92 Å². The number of aryl methyl sites for hydroxylation is 1. The number of hydrogen-bond donors (Lipinski definition) is 2. The van der Waals surface area contributed by atoms with Gasteiger partial charge < -0.3 is 10.4 Å². The number of para-hydroxylation sites is 1. The van der Waals surface area contributed by atoms with Crippen LogP contribution >= 0.6 is 11.8 Å². The number of benzene rings is 2. The van der Waals surface area contributed by atoms with Crippen LogP contribution in [0.5, 0.6) is 0 Å². The molecule has 0 bridgehead atoms. The Kier molecular flexibility index (Phi) is 5.28. The van der Waals surface area contributed by atoms with Crippen molar-refractivity contribution in [1.29, 1.82) is 0 Å². The zero-order valence-electron chi connectivity index (χ0n) is 13.8. The fourth-order valence-electron chi connectivity index (χ4n) is 2.21. The number of carbonyl (C=O) groups excluding carboxylic acids is 1. The molecule has 0 aliphatic rings. The summed E-state index contributed by atoms with van der Waals surface area (Å²) in [6, 6.07) is 13.9. The van der Waals surface area contributed by atoms with Gasteiger partial charge in [0.25, 0.3) is 0 Å². The highest BCUT2D eigenvalue weighted by molar-refractivity contribution is 7.99. The van der Waals surface area contributed by atoms with Gasteiger partial charge in [0.1, 0.15) is 0 Å². The summed E-state index contributed by atoms with van der Waals surface area (Å²) in [6.45, 7) is 1.98. The summed E-state index contributed by atoms with van der Waals surface area (Å²) < 4.78 is 1.54. The molecule has 3 aromatic rings. The Bertz CT molecular complexity index is 940. The molecule has 132 valence electrons. The highest BCUT2D eigenvalue weighted by Gasteiger charge is 2.14. The van der Waals surface area contributed by atoms with Crippen molar-refractivity contribution in [3.8, 4) is 5.69 Å². The molecule has 1 heterocycles. The summed E-state index contributed by atoms with van der Waals surface area (Å²) in [4.78, 5) is 23.4. The van der Waals surface area contributed by atoms with E-state index in [0.29, 0.717) is 5.16 Å². The summed E-state index contributed by atoms with van der Waals surface area (Å²) in [5, 5.41) is 23.7. The van der Waals surface area contributed by atoms with E-state index in [1.807, 2.05) is 31.2 Å². The monoisotopic (exact) mass is 369 g/mol. The number of carbonyl (C=O) groups is 2. The molecule has 2 N–H and O–H groups in total. The second-order valence-corrected chi connectivity index (χ2v) is 6.34. The molecule has 9 heteroatoms. The Morgan fingerprint density at radius 2 is 1.88 bits per heavy atom. The summed E-state index contributed by atoms with van der Waals surface area (Å²) in [7, 11) is 0. The smallest absolute Gasteiger partial charge is 0.337 e. The minimum absolute atomic E-state index is 0.0374. The van der Waals surface area contributed by atoms with Gasteiger partial charge in [0.2, 0.25) is 11.1 Å². The number of aromatic carboxylic acids is 1. The van der Waals surface area contributed by atoms with Crippen LogP contribution in [0.25, 0.3) is 5.69 Å². The van der Waals surface area contributed by atoms with Crippen molar-refractivity contribution >= 4 is 29.3 Å². The van der Waals surface area contributed by atoms with Gasteiger partial charge in [-0.3, -0.25) is 4.79 Å². The number of carboxylic acids is 1. The Balaban J connectivity index is 1.67. The molecular formula is C17H15N5O3S. The molecule has 0 aliphatic carbocycles. The Morgan fingerprint density at radius 3 is 2.62 bits per heavy atom. The van der Waals surface area contributed by atoms with Crippen molar-refractivity contribution in [2.75, 3.05) is 11.1 Å². The molecule has 0 saturated carbocycles. The van der Waals surface area contributed by atoms with Gasteiger partial charge in [0, 0.05) is 0 Å². The van der Waals surface area contributed by atoms with Gasteiger partial charge in [0.05, 0.1) is 22.7 Å². The highest BCUT2D eigenvalue weighted by Crippen LogP contribution is 2.20. The van der Waals surface area contributed by atoms with Crippen LogP contribution in [0.2, 0.25) is 0 Å². The first-order valence-electron chi connectivity index (χ1n) is 7.65. The zero-order valence-corrected chi connectivity index (χ0v) is 14.6. The quantitative estimate of drug-likeness (QED) is 0.642. The predicted molar refractivity (Wildman–Crippen MR) is 96.6 cm³/mol. The number of tetrazole rings is 1. The van der Waals surface area contributed by atoms with Crippen LogP contribution in [0.1, 0.15) is 15.9 Å². The van der Waals surface area contributed by atoms with Crippen LogP contribution in [0.15, 0.2) is 53.7 Å². The number of hydrogen-bond acceptors (Lipinski definition) is 6. The summed E-state index contributed by atoms with van der Waals surface area (Å²) in [6.07, 6.45) is 0. The van der Waals surface area contributed by atoms with Crippen molar-refractivity contribution in [1.82, 2.24) is 20.2 Å². The van der Waals surface area contributed by atoms with Gasteiger partial charge in [-0.25, -0.2) is 4.79 Å². The Morgan fingerprint density at radius 1 is 1.15 bits per heavy atom. The molecule has 8 nitrogen and oxygen atoms in total. The summed E-state index contributed by atoms with van der Waals surface area (Å²) in [5.41, 5.74) is 2.20. The van der Waals surface area contributed by atoms with Crippen LogP contribution in [-0.2, 0) is 4.79 Å². The molecule has 3 rings (SSSR count). The first kappa shape index (κ1) is 17.6. The van der Waals surface area contributed by atoms with E-state index in [4.69, 9.17) is 5.11 Å². The SMILES string of the molecule is Cc1ccc(-n2nnnc2SCC(=O)Nc2ccccc2C(=O)O)cc1. The molecule has 0 saturated heterocycles. The molecule has 0 fully saturated rings. The number of nitrogens with one attached hydrogen (secondary N) is 1. The van der Waals surface area contributed by atoms with Crippen LogP contribution in [0.3, 0.4) is 0 Å². The number of nitrogens with zero attached hydrogens (tertiary/aromatic N) is 4. The van der Waals surface area contributed by atoms with Crippen molar-refractivity contribution < 1.29 is 14.7 Å². The molecule has 1 aromatic heterocycles. The second kappa shape index (κ2) is 7.79. The van der Waals surface area contributed by atoms with Crippen molar-refractivity contribution in [2.45, 2.75) is 12.1 Å². The lowest BCUT2D eigenvalue weighted by Crippen LogP contribution is -2.17. The van der Waals surface area contributed by atoms with E-state index in [1.54, 1.807) is 22.9 Å². The van der Waals surface area contributed by atoms with Crippen LogP contribution in [0.4, 0.5) is 5.69 Å². The van der Waals surface area contributed by atoms with Gasteiger partial charge in [-0.1, -0.05) is 41.6 Å². The number of carboxylic acid groups (broad SMARTS) is 1. The lowest BCUT2D eigenvalue weighted by atomic mass is 10.2. The maximum atomic E-state index is 12.2. The predicted octanol–water partition coefficient (Wildman–Crippen LogP) is 2.40. The van der Waals surface area contributed by atoms with E-state index in [9.17, 15) is 9.59 Å². The third-order valence-electron chi connectivity index (χ3n) is 3.48. The van der Waals surface area contributed by atoms with E-state index >= 15 is 0 Å². The number of thioether (sulfide) groups is 1. The molecule has 1 amide bonds. The molecule has 0 atom stereocenters. The molecule has 0 radical (unpaired) electrons. The molecule has 0 spiro atoms. The average Bonchev–Trinajstić information content (AvgIpc) is 3.09. The first-order chi connectivity index (χ1) is 12.5. The van der Waals surface area contributed by atoms with Crippen molar-refractivity contribution in [2.24, 2.45) is 0 Å². The molecule has 26 heavy (non-hydrogen) atoms. The maximum absolute atomic E-state index is 12.2. The minimum atomic E-state index is -1.10. The van der Waals surface area contributed by atoms with E-state index in [-0.39, 0.29) is 22.9 Å². The van der Waals surface area contributed by atoms with Gasteiger partial charge in [-0.2, -0.15) is 4.68 Å². The fraction of sp³-hybridized carbons (Fsp3) is 0.118. The van der Waals surface area contributed by atoms with Crippen molar-refractivity contribution in [3.05, 3.63) is 59.7 Å². The standard InChI is InChI=1S/C17H15N5O3S/c1-11-6-8-12(9-7-11)22-17(19-20-21-22)26-10-15(23)18-14-5-3-2-4-13(14)16(24)25/h2-9H,10H2,1H3,(H,18,23)(H,24,25). The van der Waals surface area contributed by atoms with Crippen LogP contribution < -0.4 is 5.32 Å². The number of amides is 1. The molecule has 0 aliphatic heterocycles. The summed E-state index contributed by atoms with van der Waals surface area (Å²) >= 11 is 1.16. The van der Waals surface area contributed by atoms with Crippen LogP contribution in [-0.4, -0.2) is 42.9 Å². The van der Waals surface area contributed by atoms with Gasteiger partial charge in [0.15, 0.2) is 0 Å². The largest absolute Gasteiger partial charge is 0.478 e. The Labute approximate surface area is 153 Å². The highest BCUT2D eigenvalue weighted by atomic mass is 32.2. The number of rotatable bonds is 6. The second-order valence-electron chi connectivity index (χ2n) is 5.40. The Hall–Kier alpha value is -3.20. The lowest BCUT2D eigenvalue weighted by Gasteiger charge is -2.08. The molecular weight excluding hydrogens is 354 g/mol. The van der Waals surface area contributed by atoms with E-state index in [2.05, 4.69) is 20.8 Å². The normalized spacial score (nSPS) is 10.5. The molecule has 0 unspecified atom stereocenters. The van der Waals surface area contributed by atoms with Gasteiger partial charge in [-0.15, -0.1) is 5.10 Å². The van der Waals surface area contributed by atoms with Gasteiger partial charge >= 0.3 is 5.97 Å².